The second kappa shape index (κ2) is 10.1. The molecule has 0 radical (unpaired) electrons. The van der Waals surface area contributed by atoms with Gasteiger partial charge in [0.1, 0.15) is 0 Å². The van der Waals surface area contributed by atoms with Gasteiger partial charge >= 0.3 is 6.18 Å². The summed E-state index contributed by atoms with van der Waals surface area (Å²) in [4.78, 5) is 20.1. The lowest BCUT2D eigenvalue weighted by molar-refractivity contribution is -0.137. The molecular weight excluding hydrogens is 439 g/mol. The first-order valence-electron chi connectivity index (χ1n) is 10.5. The van der Waals surface area contributed by atoms with Crippen LogP contribution < -0.4 is 5.56 Å². The zero-order chi connectivity index (χ0) is 22.6. The van der Waals surface area contributed by atoms with Crippen molar-refractivity contribution in [2.45, 2.75) is 30.1 Å². The van der Waals surface area contributed by atoms with Gasteiger partial charge in [-0.15, -0.1) is 0 Å². The van der Waals surface area contributed by atoms with Gasteiger partial charge in [0.05, 0.1) is 29.7 Å². The van der Waals surface area contributed by atoms with Crippen molar-refractivity contribution in [2.24, 2.45) is 0 Å². The predicted octanol–water partition coefficient (Wildman–Crippen LogP) is 4.43. The van der Waals surface area contributed by atoms with Crippen LogP contribution in [0, 0.1) is 0 Å². The largest absolute Gasteiger partial charge is 0.416 e. The third-order valence-electron chi connectivity index (χ3n) is 5.41. The summed E-state index contributed by atoms with van der Waals surface area (Å²) in [5.41, 5.74) is 0.328. The maximum absolute atomic E-state index is 13.2. The SMILES string of the molecule is O=c1c2ccccc2nc(SCc2cccc(C(F)(F)F)c2)n1CCCN1CCOCC1. The fourth-order valence-corrected chi connectivity index (χ4v) is 4.69. The molecule has 1 aromatic heterocycles. The normalized spacial score (nSPS) is 15.3. The minimum atomic E-state index is -4.39. The number of rotatable bonds is 7. The fourth-order valence-electron chi connectivity index (χ4n) is 3.72. The van der Waals surface area contributed by atoms with E-state index < -0.39 is 11.7 Å². The van der Waals surface area contributed by atoms with Crippen LogP contribution in [0.15, 0.2) is 58.5 Å². The van der Waals surface area contributed by atoms with Crippen LogP contribution >= 0.6 is 11.8 Å². The molecule has 0 aliphatic carbocycles. The highest BCUT2D eigenvalue weighted by atomic mass is 32.2. The molecule has 4 rings (SSSR count). The van der Waals surface area contributed by atoms with Crippen molar-refractivity contribution in [3.05, 3.63) is 70.0 Å². The highest BCUT2D eigenvalue weighted by Gasteiger charge is 2.30. The summed E-state index contributed by atoms with van der Waals surface area (Å²) >= 11 is 1.29. The molecule has 0 atom stereocenters. The molecule has 1 aliphatic heterocycles. The molecule has 0 unspecified atom stereocenters. The lowest BCUT2D eigenvalue weighted by Gasteiger charge is -2.26. The third-order valence-corrected chi connectivity index (χ3v) is 6.46. The number of aromatic nitrogens is 2. The van der Waals surface area contributed by atoms with Gasteiger partial charge in [-0.25, -0.2) is 4.98 Å². The molecule has 32 heavy (non-hydrogen) atoms. The van der Waals surface area contributed by atoms with Crippen LogP contribution in [0.25, 0.3) is 10.9 Å². The first-order chi connectivity index (χ1) is 15.4. The van der Waals surface area contributed by atoms with E-state index in [2.05, 4.69) is 9.88 Å². The Morgan fingerprint density at radius 1 is 1.03 bits per heavy atom. The van der Waals surface area contributed by atoms with Crippen molar-refractivity contribution < 1.29 is 17.9 Å². The number of hydrogen-bond donors (Lipinski definition) is 0. The van der Waals surface area contributed by atoms with E-state index >= 15 is 0 Å². The Labute approximate surface area is 188 Å². The van der Waals surface area contributed by atoms with E-state index in [1.54, 1.807) is 28.8 Å². The Kier molecular flexibility index (Phi) is 7.17. The summed E-state index contributed by atoms with van der Waals surface area (Å²) < 4.78 is 46.1. The molecule has 1 fully saturated rings. The molecule has 0 amide bonds. The van der Waals surface area contributed by atoms with Gasteiger partial charge in [0, 0.05) is 31.9 Å². The second-order valence-corrected chi connectivity index (χ2v) is 8.61. The number of hydrogen-bond acceptors (Lipinski definition) is 5. The summed E-state index contributed by atoms with van der Waals surface area (Å²) in [6.45, 7) is 4.54. The molecule has 2 aromatic carbocycles. The Morgan fingerprint density at radius 3 is 2.59 bits per heavy atom. The van der Waals surface area contributed by atoms with Crippen LogP contribution in [0.2, 0.25) is 0 Å². The van der Waals surface area contributed by atoms with Crippen LogP contribution in [-0.4, -0.2) is 47.3 Å². The molecule has 9 heteroatoms. The monoisotopic (exact) mass is 463 g/mol. The summed E-state index contributed by atoms with van der Waals surface area (Å²) in [5, 5.41) is 1.07. The van der Waals surface area contributed by atoms with E-state index in [9.17, 15) is 18.0 Å². The van der Waals surface area contributed by atoms with E-state index in [4.69, 9.17) is 4.74 Å². The topological polar surface area (TPSA) is 47.4 Å². The molecule has 170 valence electrons. The van der Waals surface area contributed by atoms with Gasteiger partial charge in [-0.2, -0.15) is 13.2 Å². The van der Waals surface area contributed by atoms with E-state index in [0.29, 0.717) is 28.2 Å². The Hall–Kier alpha value is -2.36. The maximum Gasteiger partial charge on any atom is 0.416 e. The van der Waals surface area contributed by atoms with Gasteiger partial charge in [0.15, 0.2) is 5.16 Å². The first kappa shape index (κ1) is 22.8. The van der Waals surface area contributed by atoms with Crippen LogP contribution in [-0.2, 0) is 23.2 Å². The number of alkyl halides is 3. The number of ether oxygens (including phenoxy) is 1. The van der Waals surface area contributed by atoms with Crippen molar-refractivity contribution in [3.63, 3.8) is 0 Å². The van der Waals surface area contributed by atoms with Crippen molar-refractivity contribution >= 4 is 22.7 Å². The van der Waals surface area contributed by atoms with E-state index in [-0.39, 0.29) is 11.3 Å². The molecule has 3 aromatic rings. The standard InChI is InChI=1S/C23H24F3N3O2S/c24-23(25,26)18-6-3-5-17(15-18)16-32-22-27-20-8-2-1-7-19(20)21(30)29(22)10-4-9-28-11-13-31-14-12-28/h1-3,5-8,15H,4,9-14,16H2. The lowest BCUT2D eigenvalue weighted by Crippen LogP contribution is -2.37. The minimum absolute atomic E-state index is 0.121. The molecular formula is C23H24F3N3O2S. The van der Waals surface area contributed by atoms with E-state index in [1.165, 1.54) is 17.8 Å². The molecule has 1 saturated heterocycles. The van der Waals surface area contributed by atoms with Crippen LogP contribution in [0.1, 0.15) is 17.5 Å². The van der Waals surface area contributed by atoms with Crippen LogP contribution in [0.4, 0.5) is 13.2 Å². The van der Waals surface area contributed by atoms with Gasteiger partial charge in [-0.3, -0.25) is 14.3 Å². The van der Waals surface area contributed by atoms with Gasteiger partial charge in [-0.1, -0.05) is 42.1 Å². The second-order valence-electron chi connectivity index (χ2n) is 7.66. The molecule has 2 heterocycles. The number of nitrogens with zero attached hydrogens (tertiary/aromatic N) is 3. The lowest BCUT2D eigenvalue weighted by atomic mass is 10.1. The summed E-state index contributed by atoms with van der Waals surface area (Å²) in [6.07, 6.45) is -3.61. The number of para-hydroxylation sites is 1. The van der Waals surface area contributed by atoms with Gasteiger partial charge < -0.3 is 4.74 Å². The smallest absolute Gasteiger partial charge is 0.379 e. The zero-order valence-corrected chi connectivity index (χ0v) is 18.3. The maximum atomic E-state index is 13.2. The summed E-state index contributed by atoms with van der Waals surface area (Å²) in [7, 11) is 0. The molecule has 0 N–H and O–H groups in total. The van der Waals surface area contributed by atoms with E-state index in [1.807, 2.05) is 6.07 Å². The number of benzene rings is 2. The minimum Gasteiger partial charge on any atom is -0.379 e. The van der Waals surface area contributed by atoms with Crippen LogP contribution in [0.5, 0.6) is 0 Å². The quantitative estimate of drug-likeness (QED) is 0.383. The highest BCUT2D eigenvalue weighted by Crippen LogP contribution is 2.31. The molecule has 0 bridgehead atoms. The highest BCUT2D eigenvalue weighted by molar-refractivity contribution is 7.98. The number of thioether (sulfide) groups is 1. The van der Waals surface area contributed by atoms with Crippen molar-refractivity contribution in [2.75, 3.05) is 32.8 Å². The summed E-state index contributed by atoms with van der Waals surface area (Å²) in [6, 6.07) is 12.4. The summed E-state index contributed by atoms with van der Waals surface area (Å²) in [5.74, 6) is 0.290. The van der Waals surface area contributed by atoms with Gasteiger partial charge in [0.2, 0.25) is 0 Å². The van der Waals surface area contributed by atoms with Crippen molar-refractivity contribution in [1.29, 1.82) is 0 Å². The third kappa shape index (κ3) is 5.51. The molecule has 0 saturated carbocycles. The van der Waals surface area contributed by atoms with Gasteiger partial charge in [0.25, 0.3) is 5.56 Å². The average Bonchev–Trinajstić information content (AvgIpc) is 2.80. The molecule has 1 aliphatic rings. The molecule has 5 nitrogen and oxygen atoms in total. The van der Waals surface area contributed by atoms with Crippen molar-refractivity contribution in [1.82, 2.24) is 14.5 Å². The van der Waals surface area contributed by atoms with E-state index in [0.717, 1.165) is 51.4 Å². The fraction of sp³-hybridized carbons (Fsp3) is 0.391. The number of morpholine rings is 1. The van der Waals surface area contributed by atoms with Crippen molar-refractivity contribution in [3.8, 4) is 0 Å². The van der Waals surface area contributed by atoms with Gasteiger partial charge in [-0.05, 0) is 30.2 Å². The Balaban J connectivity index is 1.55. The Morgan fingerprint density at radius 2 is 1.81 bits per heavy atom. The molecule has 0 spiro atoms. The average molecular weight is 464 g/mol. The Bertz CT molecular complexity index is 1130. The zero-order valence-electron chi connectivity index (χ0n) is 17.5. The number of fused-ring (bicyclic) bond motifs is 1. The van der Waals surface area contributed by atoms with Crippen LogP contribution in [0.3, 0.4) is 0 Å². The first-order valence-corrected chi connectivity index (χ1v) is 11.5. The number of halogens is 3. The predicted molar refractivity (Wildman–Crippen MR) is 119 cm³/mol.